The van der Waals surface area contributed by atoms with E-state index in [1.165, 1.54) is 38.8 Å². The van der Waals surface area contributed by atoms with E-state index in [4.69, 9.17) is 18.9 Å². The van der Waals surface area contributed by atoms with E-state index in [1.807, 2.05) is 18.3 Å². The Labute approximate surface area is 286 Å². The van der Waals surface area contributed by atoms with Crippen LogP contribution in [0.15, 0.2) is 48.7 Å². The van der Waals surface area contributed by atoms with Crippen LogP contribution in [0.1, 0.15) is 61.8 Å². The zero-order chi connectivity index (χ0) is 35.1. The summed E-state index contributed by atoms with van der Waals surface area (Å²) < 4.78 is 23.2. The Morgan fingerprint density at radius 2 is 1.58 bits per heavy atom. The number of benzene rings is 3. The molecular weight excluding hydrogens is 646 g/mol. The lowest BCUT2D eigenvalue weighted by Gasteiger charge is -2.60. The molecule has 3 aromatic carbocycles. The third kappa shape index (κ3) is 4.87. The number of ketones is 1. The summed E-state index contributed by atoms with van der Waals surface area (Å²) in [4.78, 5) is 64.9. The molecule has 0 aromatic heterocycles. The number of carboxylic acids is 1. The summed E-state index contributed by atoms with van der Waals surface area (Å²) in [5.74, 6) is -2.26. The second-order valence-corrected chi connectivity index (χ2v) is 14.0. The Morgan fingerprint density at radius 3 is 2.20 bits per heavy atom. The van der Waals surface area contributed by atoms with Crippen LogP contribution in [0.4, 0.5) is 0 Å². The summed E-state index contributed by atoms with van der Waals surface area (Å²) in [6.07, 6.45) is 5.62. The van der Waals surface area contributed by atoms with Crippen LogP contribution in [-0.4, -0.2) is 69.1 Å². The van der Waals surface area contributed by atoms with Crippen molar-refractivity contribution in [1.82, 2.24) is 4.90 Å². The first-order valence-electron chi connectivity index (χ1n) is 16.8. The van der Waals surface area contributed by atoms with Gasteiger partial charge in [-0.1, -0.05) is 36.4 Å². The first-order valence-corrected chi connectivity index (χ1v) is 16.8. The number of Topliss-reactive ketones (excluding diaryl/α,β-unsaturated/α-hetero) is 1. The van der Waals surface area contributed by atoms with Gasteiger partial charge in [0.1, 0.15) is 17.1 Å². The second kappa shape index (κ2) is 11.4. The molecule has 50 heavy (non-hydrogen) atoms. The van der Waals surface area contributed by atoms with Gasteiger partial charge in [-0.2, -0.15) is 0 Å². The van der Waals surface area contributed by atoms with E-state index in [2.05, 4.69) is 4.90 Å². The van der Waals surface area contributed by atoms with Gasteiger partial charge >= 0.3 is 23.9 Å². The number of hydrogen-bond donors (Lipinski definition) is 2. The highest BCUT2D eigenvalue weighted by molar-refractivity contribution is 5.99. The number of carbonyl (C=O) groups is 5. The van der Waals surface area contributed by atoms with Crippen molar-refractivity contribution in [3.05, 3.63) is 70.9 Å². The lowest BCUT2D eigenvalue weighted by Crippen LogP contribution is -2.73. The third-order valence-electron chi connectivity index (χ3n) is 10.7. The number of carboxylic acid groups (broad SMARTS) is 1. The number of aliphatic carboxylic acids is 1. The van der Waals surface area contributed by atoms with Crippen LogP contribution < -0.4 is 18.9 Å². The third-order valence-corrected chi connectivity index (χ3v) is 10.7. The summed E-state index contributed by atoms with van der Waals surface area (Å²) in [7, 11) is 0. The Hall–Kier alpha value is -5.23. The topological polar surface area (TPSA) is 166 Å². The molecule has 0 saturated heterocycles. The maximum atomic E-state index is 13.6. The molecule has 2 aliphatic heterocycles. The fourth-order valence-electron chi connectivity index (χ4n) is 8.54. The molecule has 4 atom stereocenters. The molecule has 12 nitrogen and oxygen atoms in total. The van der Waals surface area contributed by atoms with Crippen molar-refractivity contribution in [2.45, 2.75) is 82.0 Å². The van der Waals surface area contributed by atoms with Gasteiger partial charge in [-0.05, 0) is 49.4 Å². The Morgan fingerprint density at radius 1 is 0.920 bits per heavy atom. The molecule has 1 spiro atoms. The summed E-state index contributed by atoms with van der Waals surface area (Å²) in [6, 6.07) is 9.41. The zero-order valence-corrected chi connectivity index (χ0v) is 27.5. The molecule has 2 bridgehead atoms. The molecule has 5 aliphatic rings. The van der Waals surface area contributed by atoms with Crippen molar-refractivity contribution in [2.24, 2.45) is 5.92 Å². The van der Waals surface area contributed by atoms with E-state index in [1.54, 1.807) is 18.2 Å². The monoisotopic (exact) mass is 681 g/mol. The highest BCUT2D eigenvalue weighted by Gasteiger charge is 2.72. The van der Waals surface area contributed by atoms with Crippen LogP contribution >= 0.6 is 0 Å². The van der Waals surface area contributed by atoms with Crippen molar-refractivity contribution in [3.8, 4) is 23.0 Å². The van der Waals surface area contributed by atoms with Crippen LogP contribution in [0.25, 0.3) is 10.8 Å². The van der Waals surface area contributed by atoms with Crippen molar-refractivity contribution < 1.29 is 53.1 Å². The average molecular weight is 682 g/mol. The second-order valence-electron chi connectivity index (χ2n) is 14.0. The Bertz CT molecular complexity index is 2060. The molecule has 258 valence electrons. The molecule has 12 heteroatoms. The maximum Gasteiger partial charge on any atom is 0.315 e. The first kappa shape index (κ1) is 32.0. The standard InChI is InChI=1S/C38H35NO11/c1-19(40)47-33-23(16-30(43)44)5-8-26-25(33)9-6-24(34(26)48-20(2)41)17-31(45)49-28-10-7-22-15-29-38(46)12-11-27(42)36-37(38,32(22)35(28)50-36)13-14-39(29)18-21-3-4-21/h5-10,13-14,21,29,36,46H,3-4,11-12,15-18H2,1-2H3,(H,43,44)/t29-,36+,37+,38-/m1/s1. The van der Waals surface area contributed by atoms with Gasteiger partial charge in [0.05, 0.1) is 24.3 Å². The lowest BCUT2D eigenvalue weighted by atomic mass is 9.50. The normalized spacial score (nSPS) is 25.5. The van der Waals surface area contributed by atoms with Crippen molar-refractivity contribution in [2.75, 3.05) is 6.54 Å². The molecule has 3 aliphatic carbocycles. The minimum atomic E-state index is -1.24. The van der Waals surface area contributed by atoms with Crippen molar-refractivity contribution in [1.29, 1.82) is 0 Å². The predicted molar refractivity (Wildman–Crippen MR) is 175 cm³/mol. The number of nitrogens with zero attached hydrogens (tertiary/aromatic N) is 1. The van der Waals surface area contributed by atoms with E-state index in [0.717, 1.165) is 12.1 Å². The Kier molecular flexibility index (Phi) is 7.30. The molecule has 0 radical (unpaired) electrons. The smallest absolute Gasteiger partial charge is 0.315 e. The van der Waals surface area contributed by atoms with Gasteiger partial charge in [-0.3, -0.25) is 24.0 Å². The molecule has 2 saturated carbocycles. The zero-order valence-electron chi connectivity index (χ0n) is 27.5. The fourth-order valence-corrected chi connectivity index (χ4v) is 8.54. The number of ether oxygens (including phenoxy) is 4. The van der Waals surface area contributed by atoms with E-state index < -0.39 is 47.4 Å². The van der Waals surface area contributed by atoms with Crippen molar-refractivity contribution in [3.63, 3.8) is 0 Å². The average Bonchev–Trinajstić information content (AvgIpc) is 3.79. The van der Waals surface area contributed by atoms with Crippen LogP contribution in [0.2, 0.25) is 0 Å². The summed E-state index contributed by atoms with van der Waals surface area (Å²) >= 11 is 0. The maximum absolute atomic E-state index is 13.6. The summed E-state index contributed by atoms with van der Waals surface area (Å²) in [5.41, 5.74) is -0.184. The summed E-state index contributed by atoms with van der Waals surface area (Å²) in [6.45, 7) is 3.25. The van der Waals surface area contributed by atoms with Crippen LogP contribution in [0, 0.1) is 5.92 Å². The van der Waals surface area contributed by atoms with Gasteiger partial charge in [0.15, 0.2) is 23.4 Å². The van der Waals surface area contributed by atoms with Gasteiger partial charge in [0.25, 0.3) is 0 Å². The molecular formula is C38H35NO11. The number of esters is 3. The number of hydrogen-bond acceptors (Lipinski definition) is 11. The van der Waals surface area contributed by atoms with E-state index >= 15 is 0 Å². The van der Waals surface area contributed by atoms with Gasteiger partial charge in [-0.15, -0.1) is 0 Å². The Balaban J connectivity index is 1.14. The molecule has 0 unspecified atom stereocenters. The minimum absolute atomic E-state index is 0.0131. The van der Waals surface area contributed by atoms with Crippen LogP contribution in [0.5, 0.6) is 23.0 Å². The first-order chi connectivity index (χ1) is 23.9. The van der Waals surface area contributed by atoms with Crippen molar-refractivity contribution >= 4 is 40.4 Å². The number of fused-ring (bicyclic) bond motifs is 1. The largest absolute Gasteiger partial charge is 0.481 e. The molecule has 2 N–H and O–H groups in total. The molecule has 2 fully saturated rings. The summed E-state index contributed by atoms with van der Waals surface area (Å²) in [5, 5.41) is 22.5. The van der Waals surface area contributed by atoms with E-state index in [-0.39, 0.29) is 53.2 Å². The molecule has 3 aromatic rings. The lowest BCUT2D eigenvalue weighted by molar-refractivity contribution is -0.161. The predicted octanol–water partition coefficient (Wildman–Crippen LogP) is 3.72. The SMILES string of the molecule is CC(=O)Oc1c(CC(=O)O)ccc2c(OC(C)=O)c(CC(=O)Oc3ccc4c5c3O[C@H]3C(=O)CC[C@@]6(O)[C@@H](C4)N(CC4CC4)C=C[C@]536)ccc12. The number of rotatable bonds is 9. The highest BCUT2D eigenvalue weighted by Crippen LogP contribution is 2.64. The number of aliphatic hydroxyl groups is 1. The van der Waals surface area contributed by atoms with E-state index in [0.29, 0.717) is 40.7 Å². The highest BCUT2D eigenvalue weighted by atomic mass is 16.6. The van der Waals surface area contributed by atoms with Crippen LogP contribution in [-0.2, 0) is 48.7 Å². The molecule has 2 heterocycles. The molecule has 8 rings (SSSR count). The van der Waals surface area contributed by atoms with E-state index in [9.17, 15) is 34.2 Å². The van der Waals surface area contributed by atoms with Gasteiger partial charge in [0, 0.05) is 54.3 Å². The molecule has 0 amide bonds. The number of carbonyl (C=O) groups excluding carboxylic acids is 4. The van der Waals surface area contributed by atoms with Gasteiger partial charge in [0.2, 0.25) is 0 Å². The van der Waals surface area contributed by atoms with Crippen LogP contribution in [0.3, 0.4) is 0 Å². The van der Waals surface area contributed by atoms with Gasteiger partial charge in [-0.25, -0.2) is 0 Å². The quantitative estimate of drug-likeness (QED) is 0.249. The minimum Gasteiger partial charge on any atom is -0.481 e. The fraction of sp³-hybridized carbons (Fsp3) is 0.395. The van der Waals surface area contributed by atoms with Gasteiger partial charge < -0.3 is 34.1 Å².